The van der Waals surface area contributed by atoms with Crippen molar-refractivity contribution in [3.8, 4) is 5.75 Å². The maximum absolute atomic E-state index is 12.5. The van der Waals surface area contributed by atoms with Crippen LogP contribution in [0.1, 0.15) is 25.3 Å². The SMILES string of the molecule is CCCOC(=O)CCN1C(=O)C(=Cc2ccccc2OC)SC1=S. The summed E-state index contributed by atoms with van der Waals surface area (Å²) in [7, 11) is 1.58. The van der Waals surface area contributed by atoms with E-state index in [0.29, 0.717) is 21.6 Å². The molecule has 0 aromatic heterocycles. The van der Waals surface area contributed by atoms with E-state index < -0.39 is 0 Å². The fourth-order valence-corrected chi connectivity index (χ4v) is 3.41. The van der Waals surface area contributed by atoms with Crippen molar-refractivity contribution in [2.24, 2.45) is 0 Å². The lowest BCUT2D eigenvalue weighted by Crippen LogP contribution is -2.30. The molecule has 1 aromatic rings. The van der Waals surface area contributed by atoms with Gasteiger partial charge in [-0.15, -0.1) is 0 Å². The summed E-state index contributed by atoms with van der Waals surface area (Å²) in [6.45, 7) is 2.55. The van der Waals surface area contributed by atoms with E-state index in [9.17, 15) is 9.59 Å². The fraction of sp³-hybridized carbons (Fsp3) is 0.353. The number of benzene rings is 1. The Bertz CT molecular complexity index is 672. The van der Waals surface area contributed by atoms with Crippen LogP contribution in [0.15, 0.2) is 29.2 Å². The number of methoxy groups -OCH3 is 1. The number of hydrogen-bond acceptors (Lipinski definition) is 6. The third-order valence-corrected chi connectivity index (χ3v) is 4.68. The monoisotopic (exact) mass is 365 g/mol. The van der Waals surface area contributed by atoms with Crippen LogP contribution in [0.25, 0.3) is 6.08 Å². The summed E-state index contributed by atoms with van der Waals surface area (Å²) in [6.07, 6.45) is 2.66. The molecule has 1 aliphatic heterocycles. The lowest BCUT2D eigenvalue weighted by molar-refractivity contribution is -0.143. The second-order valence-corrected chi connectivity index (χ2v) is 6.72. The van der Waals surface area contributed by atoms with Crippen molar-refractivity contribution in [1.82, 2.24) is 4.90 Å². The van der Waals surface area contributed by atoms with Crippen LogP contribution in [0.3, 0.4) is 0 Å². The van der Waals surface area contributed by atoms with E-state index in [1.165, 1.54) is 16.7 Å². The van der Waals surface area contributed by atoms with Crippen LogP contribution in [-0.2, 0) is 14.3 Å². The van der Waals surface area contributed by atoms with Gasteiger partial charge < -0.3 is 9.47 Å². The highest BCUT2D eigenvalue weighted by Gasteiger charge is 2.32. The average Bonchev–Trinajstić information content (AvgIpc) is 2.85. The van der Waals surface area contributed by atoms with Crippen molar-refractivity contribution in [2.75, 3.05) is 20.3 Å². The Kier molecular flexibility index (Phi) is 6.81. The van der Waals surface area contributed by atoms with Crippen molar-refractivity contribution < 1.29 is 19.1 Å². The Morgan fingerprint density at radius 1 is 1.38 bits per heavy atom. The van der Waals surface area contributed by atoms with Gasteiger partial charge in [0.05, 0.1) is 25.0 Å². The van der Waals surface area contributed by atoms with Gasteiger partial charge in [-0.1, -0.05) is 49.1 Å². The number of rotatable bonds is 7. The Morgan fingerprint density at radius 2 is 2.12 bits per heavy atom. The van der Waals surface area contributed by atoms with Crippen LogP contribution in [-0.4, -0.2) is 41.4 Å². The summed E-state index contributed by atoms with van der Waals surface area (Å²) in [6, 6.07) is 7.44. The molecule has 1 aliphatic rings. The van der Waals surface area contributed by atoms with Gasteiger partial charge in [-0.2, -0.15) is 0 Å². The molecule has 1 heterocycles. The Hall–Kier alpha value is -1.86. The number of nitrogens with zero attached hydrogens (tertiary/aromatic N) is 1. The van der Waals surface area contributed by atoms with Crippen molar-refractivity contribution in [2.45, 2.75) is 19.8 Å². The van der Waals surface area contributed by atoms with Gasteiger partial charge >= 0.3 is 5.97 Å². The van der Waals surface area contributed by atoms with Gasteiger partial charge in [0.1, 0.15) is 10.1 Å². The smallest absolute Gasteiger partial charge is 0.307 e. The van der Waals surface area contributed by atoms with Gasteiger partial charge in [0.15, 0.2) is 0 Å². The summed E-state index contributed by atoms with van der Waals surface area (Å²) in [5.41, 5.74) is 0.808. The lowest BCUT2D eigenvalue weighted by atomic mass is 10.2. The van der Waals surface area contributed by atoms with Crippen LogP contribution in [0, 0.1) is 0 Å². The number of thioether (sulfide) groups is 1. The van der Waals surface area contributed by atoms with E-state index in [1.807, 2.05) is 31.2 Å². The molecular weight excluding hydrogens is 346 g/mol. The lowest BCUT2D eigenvalue weighted by Gasteiger charge is -2.13. The highest BCUT2D eigenvalue weighted by atomic mass is 32.2. The van der Waals surface area contributed by atoms with Crippen molar-refractivity contribution >= 4 is 46.3 Å². The number of amides is 1. The largest absolute Gasteiger partial charge is 0.496 e. The maximum Gasteiger partial charge on any atom is 0.307 e. The normalized spacial score (nSPS) is 15.9. The molecule has 0 saturated carbocycles. The number of ether oxygens (including phenoxy) is 2. The molecule has 1 saturated heterocycles. The van der Waals surface area contributed by atoms with Gasteiger partial charge in [-0.3, -0.25) is 14.5 Å². The van der Waals surface area contributed by atoms with Crippen LogP contribution >= 0.6 is 24.0 Å². The highest BCUT2D eigenvalue weighted by molar-refractivity contribution is 8.26. The summed E-state index contributed by atoms with van der Waals surface area (Å²) < 4.78 is 10.8. The Labute approximate surface area is 151 Å². The molecule has 128 valence electrons. The van der Waals surface area contributed by atoms with Gasteiger partial charge in [-0.25, -0.2) is 0 Å². The predicted octanol–water partition coefficient (Wildman–Crippen LogP) is 3.24. The molecule has 0 radical (unpaired) electrons. The number of carbonyl (C=O) groups excluding carboxylic acids is 2. The van der Waals surface area contributed by atoms with E-state index in [0.717, 1.165) is 12.0 Å². The minimum Gasteiger partial charge on any atom is -0.496 e. The first-order valence-electron chi connectivity index (χ1n) is 7.60. The summed E-state index contributed by atoms with van der Waals surface area (Å²) in [4.78, 5) is 26.0. The topological polar surface area (TPSA) is 55.8 Å². The first kappa shape index (κ1) is 18.5. The van der Waals surface area contributed by atoms with Crippen LogP contribution in [0.4, 0.5) is 0 Å². The zero-order chi connectivity index (χ0) is 17.5. The third-order valence-electron chi connectivity index (χ3n) is 3.31. The molecule has 5 nitrogen and oxygen atoms in total. The molecule has 0 spiro atoms. The number of thiocarbonyl (C=S) groups is 1. The molecule has 7 heteroatoms. The minimum absolute atomic E-state index is 0.133. The number of esters is 1. The molecule has 0 aliphatic carbocycles. The fourth-order valence-electron chi connectivity index (χ4n) is 2.11. The molecule has 1 fully saturated rings. The van der Waals surface area contributed by atoms with Gasteiger partial charge in [0.2, 0.25) is 0 Å². The van der Waals surface area contributed by atoms with E-state index >= 15 is 0 Å². The van der Waals surface area contributed by atoms with E-state index in [-0.39, 0.29) is 24.8 Å². The van der Waals surface area contributed by atoms with Crippen LogP contribution in [0.5, 0.6) is 5.75 Å². The second kappa shape index (κ2) is 8.84. The summed E-state index contributed by atoms with van der Waals surface area (Å²) in [5.74, 6) is 0.171. The second-order valence-electron chi connectivity index (χ2n) is 5.05. The molecule has 24 heavy (non-hydrogen) atoms. The molecule has 2 rings (SSSR count). The molecule has 0 bridgehead atoms. The minimum atomic E-state index is -0.320. The quantitative estimate of drug-likeness (QED) is 0.420. The summed E-state index contributed by atoms with van der Waals surface area (Å²) in [5, 5.41) is 0. The van der Waals surface area contributed by atoms with E-state index in [2.05, 4.69) is 0 Å². The number of hydrogen-bond donors (Lipinski definition) is 0. The third kappa shape index (κ3) is 4.58. The standard InChI is InChI=1S/C17H19NO4S2/c1-3-10-22-15(19)8-9-18-16(20)14(24-17(18)23)11-12-6-4-5-7-13(12)21-2/h4-7,11H,3,8-10H2,1-2H3. The maximum atomic E-state index is 12.5. The summed E-state index contributed by atoms with van der Waals surface area (Å²) >= 11 is 6.48. The van der Waals surface area contributed by atoms with E-state index in [1.54, 1.807) is 13.2 Å². The van der Waals surface area contributed by atoms with Crippen molar-refractivity contribution in [3.63, 3.8) is 0 Å². The van der Waals surface area contributed by atoms with E-state index in [4.69, 9.17) is 21.7 Å². The number of para-hydroxylation sites is 1. The highest BCUT2D eigenvalue weighted by Crippen LogP contribution is 2.34. The van der Waals surface area contributed by atoms with Crippen LogP contribution in [0.2, 0.25) is 0 Å². The first-order chi connectivity index (χ1) is 11.6. The molecule has 1 amide bonds. The predicted molar refractivity (Wildman–Crippen MR) is 98.7 cm³/mol. The van der Waals surface area contributed by atoms with Gasteiger partial charge in [0, 0.05) is 12.1 Å². The van der Waals surface area contributed by atoms with Gasteiger partial charge in [-0.05, 0) is 18.6 Å². The molecular formula is C17H19NO4S2. The Balaban J connectivity index is 2.05. The Morgan fingerprint density at radius 3 is 2.83 bits per heavy atom. The molecule has 1 aromatic carbocycles. The molecule has 0 N–H and O–H groups in total. The average molecular weight is 365 g/mol. The van der Waals surface area contributed by atoms with Crippen LogP contribution < -0.4 is 4.74 Å². The number of carbonyl (C=O) groups is 2. The van der Waals surface area contributed by atoms with Gasteiger partial charge in [0.25, 0.3) is 5.91 Å². The first-order valence-corrected chi connectivity index (χ1v) is 8.83. The zero-order valence-electron chi connectivity index (χ0n) is 13.6. The molecule has 0 unspecified atom stereocenters. The van der Waals surface area contributed by atoms with Crippen molar-refractivity contribution in [1.29, 1.82) is 0 Å². The van der Waals surface area contributed by atoms with Crippen molar-refractivity contribution in [3.05, 3.63) is 34.7 Å². The zero-order valence-corrected chi connectivity index (χ0v) is 15.2. The molecule has 0 atom stereocenters.